The molecule has 0 amide bonds. The predicted molar refractivity (Wildman–Crippen MR) is 81.9 cm³/mol. The minimum absolute atomic E-state index is 0.281. The molecule has 102 valence electrons. The van der Waals surface area contributed by atoms with E-state index in [2.05, 4.69) is 20.7 Å². The van der Waals surface area contributed by atoms with E-state index >= 15 is 0 Å². The molecule has 0 unspecified atom stereocenters. The fourth-order valence-electron chi connectivity index (χ4n) is 1.58. The van der Waals surface area contributed by atoms with E-state index in [0.29, 0.717) is 4.21 Å². The number of halogens is 1. The van der Waals surface area contributed by atoms with Gasteiger partial charge in [-0.25, -0.2) is 13.1 Å². The third kappa shape index (κ3) is 3.66. The zero-order valence-corrected chi connectivity index (χ0v) is 13.6. The number of thiophene rings is 1. The van der Waals surface area contributed by atoms with Crippen molar-refractivity contribution in [1.29, 1.82) is 0 Å². The lowest BCUT2D eigenvalue weighted by molar-refractivity contribution is 0.583. The van der Waals surface area contributed by atoms with Crippen molar-refractivity contribution in [1.82, 2.24) is 4.72 Å². The summed E-state index contributed by atoms with van der Waals surface area (Å²) in [7, 11) is -3.42. The number of nitrogens with one attached hydrogen (secondary N) is 1. The number of hydrogen-bond donors (Lipinski definition) is 1. The molecular weight excluding hydrogens is 346 g/mol. The molecule has 0 aliphatic carbocycles. The smallest absolute Gasteiger partial charge is 0.206 e. The van der Waals surface area contributed by atoms with Gasteiger partial charge in [-0.1, -0.05) is 41.1 Å². The van der Waals surface area contributed by atoms with Crippen molar-refractivity contribution in [2.45, 2.75) is 24.1 Å². The third-order valence-corrected chi connectivity index (χ3v) is 6.56. The minimum atomic E-state index is -3.42. The molecule has 0 saturated heterocycles. The largest absolute Gasteiger partial charge is 0.250 e. The first-order chi connectivity index (χ1) is 9.03. The first-order valence-electron chi connectivity index (χ1n) is 5.84. The van der Waals surface area contributed by atoms with E-state index in [1.165, 1.54) is 11.3 Å². The van der Waals surface area contributed by atoms with Crippen LogP contribution in [-0.2, 0) is 23.0 Å². The Morgan fingerprint density at radius 2 is 1.95 bits per heavy atom. The fourth-order valence-corrected chi connectivity index (χ4v) is 4.35. The van der Waals surface area contributed by atoms with E-state index < -0.39 is 10.0 Å². The van der Waals surface area contributed by atoms with E-state index in [1.807, 2.05) is 37.3 Å². The molecule has 0 bridgehead atoms. The van der Waals surface area contributed by atoms with Crippen molar-refractivity contribution in [3.8, 4) is 0 Å². The first kappa shape index (κ1) is 14.7. The van der Waals surface area contributed by atoms with Crippen LogP contribution in [-0.4, -0.2) is 8.42 Å². The van der Waals surface area contributed by atoms with Gasteiger partial charge in [-0.3, -0.25) is 0 Å². The molecule has 0 spiro atoms. The molecule has 2 rings (SSSR count). The zero-order chi connectivity index (χ0) is 13.9. The van der Waals surface area contributed by atoms with Gasteiger partial charge in [0.15, 0.2) is 0 Å². The molecule has 2 aromatic rings. The Morgan fingerprint density at radius 3 is 2.58 bits per heavy atom. The summed E-state index contributed by atoms with van der Waals surface area (Å²) in [6, 6.07) is 11.1. The van der Waals surface area contributed by atoms with Gasteiger partial charge in [0, 0.05) is 15.9 Å². The molecule has 3 nitrogen and oxygen atoms in total. The van der Waals surface area contributed by atoms with Crippen LogP contribution in [0, 0.1) is 0 Å². The Balaban J connectivity index is 2.12. The SMILES string of the molecule is CCc1ccc(S(=O)(=O)NCc2ccccc2Br)s1. The summed E-state index contributed by atoms with van der Waals surface area (Å²) >= 11 is 4.72. The van der Waals surface area contributed by atoms with Crippen molar-refractivity contribution >= 4 is 37.3 Å². The standard InChI is InChI=1S/C13H14BrNO2S2/c1-2-11-7-8-13(18-11)19(16,17)15-9-10-5-3-4-6-12(10)14/h3-8,15H,2,9H2,1H3. The average molecular weight is 360 g/mol. The Hall–Kier alpha value is -0.690. The van der Waals surface area contributed by atoms with Crippen LogP contribution in [0.15, 0.2) is 45.1 Å². The fraction of sp³-hybridized carbons (Fsp3) is 0.231. The molecule has 1 heterocycles. The second-order valence-corrected chi connectivity index (χ2v) is 8.01. The molecule has 6 heteroatoms. The Morgan fingerprint density at radius 1 is 1.21 bits per heavy atom. The topological polar surface area (TPSA) is 46.2 Å². The van der Waals surface area contributed by atoms with E-state index in [1.54, 1.807) is 6.07 Å². The van der Waals surface area contributed by atoms with Gasteiger partial charge in [-0.05, 0) is 30.2 Å². The molecule has 0 fully saturated rings. The zero-order valence-electron chi connectivity index (χ0n) is 10.4. The van der Waals surface area contributed by atoms with Gasteiger partial charge in [0.05, 0.1) is 0 Å². The lowest BCUT2D eigenvalue weighted by atomic mass is 10.2. The second kappa shape index (κ2) is 6.17. The maximum absolute atomic E-state index is 12.1. The summed E-state index contributed by atoms with van der Waals surface area (Å²) in [5, 5.41) is 0. The summed E-state index contributed by atoms with van der Waals surface area (Å²) in [5.74, 6) is 0. The summed E-state index contributed by atoms with van der Waals surface area (Å²) in [6.45, 7) is 2.29. The quantitative estimate of drug-likeness (QED) is 0.886. The van der Waals surface area contributed by atoms with Crippen LogP contribution < -0.4 is 4.72 Å². The van der Waals surface area contributed by atoms with Gasteiger partial charge in [0.1, 0.15) is 4.21 Å². The molecular formula is C13H14BrNO2S2. The van der Waals surface area contributed by atoms with Gasteiger partial charge in [-0.15, -0.1) is 11.3 Å². The van der Waals surface area contributed by atoms with Crippen molar-refractivity contribution < 1.29 is 8.42 Å². The van der Waals surface area contributed by atoms with Crippen molar-refractivity contribution in [3.63, 3.8) is 0 Å². The summed E-state index contributed by atoms with van der Waals surface area (Å²) in [5.41, 5.74) is 0.915. The summed E-state index contributed by atoms with van der Waals surface area (Å²) in [4.78, 5) is 1.07. The van der Waals surface area contributed by atoms with Gasteiger partial charge in [0.2, 0.25) is 10.0 Å². The second-order valence-electron chi connectivity index (χ2n) is 3.99. The third-order valence-electron chi connectivity index (χ3n) is 2.66. The van der Waals surface area contributed by atoms with Crippen LogP contribution >= 0.6 is 27.3 Å². The van der Waals surface area contributed by atoms with Gasteiger partial charge >= 0.3 is 0 Å². The lowest BCUT2D eigenvalue weighted by Gasteiger charge is -2.06. The van der Waals surface area contributed by atoms with Crippen LogP contribution in [0.25, 0.3) is 0 Å². The number of aryl methyl sites for hydroxylation is 1. The molecule has 0 aliphatic heterocycles. The Kier molecular flexibility index (Phi) is 4.78. The van der Waals surface area contributed by atoms with Crippen molar-refractivity contribution in [2.24, 2.45) is 0 Å². The van der Waals surface area contributed by atoms with E-state index in [4.69, 9.17) is 0 Å². The highest BCUT2D eigenvalue weighted by atomic mass is 79.9. The molecule has 1 N–H and O–H groups in total. The minimum Gasteiger partial charge on any atom is -0.206 e. The molecule has 1 aromatic carbocycles. The number of sulfonamides is 1. The molecule has 1 aromatic heterocycles. The van der Waals surface area contributed by atoms with Crippen LogP contribution in [0.4, 0.5) is 0 Å². The number of benzene rings is 1. The molecule has 0 aliphatic rings. The molecule has 0 radical (unpaired) electrons. The predicted octanol–water partition coefficient (Wildman–Crippen LogP) is 3.55. The van der Waals surface area contributed by atoms with E-state index in [-0.39, 0.29) is 6.54 Å². The maximum Gasteiger partial charge on any atom is 0.250 e. The van der Waals surface area contributed by atoms with Gasteiger partial charge in [-0.2, -0.15) is 0 Å². The molecule has 19 heavy (non-hydrogen) atoms. The van der Waals surface area contributed by atoms with Crippen LogP contribution in [0.2, 0.25) is 0 Å². The highest BCUT2D eigenvalue weighted by molar-refractivity contribution is 9.10. The van der Waals surface area contributed by atoms with Crippen molar-refractivity contribution in [2.75, 3.05) is 0 Å². The van der Waals surface area contributed by atoms with Crippen LogP contribution in [0.1, 0.15) is 17.4 Å². The van der Waals surface area contributed by atoms with E-state index in [0.717, 1.165) is 21.3 Å². The van der Waals surface area contributed by atoms with Crippen LogP contribution in [0.5, 0.6) is 0 Å². The highest BCUT2D eigenvalue weighted by Gasteiger charge is 2.16. The lowest BCUT2D eigenvalue weighted by Crippen LogP contribution is -2.22. The molecule has 0 atom stereocenters. The van der Waals surface area contributed by atoms with Crippen molar-refractivity contribution in [3.05, 3.63) is 51.3 Å². The summed E-state index contributed by atoms with van der Waals surface area (Å²) < 4.78 is 28.2. The average Bonchev–Trinajstić information content (AvgIpc) is 2.87. The van der Waals surface area contributed by atoms with Gasteiger partial charge in [0.25, 0.3) is 0 Å². The Bertz CT molecular complexity index is 665. The van der Waals surface area contributed by atoms with Gasteiger partial charge < -0.3 is 0 Å². The first-order valence-corrected chi connectivity index (χ1v) is 8.94. The summed E-state index contributed by atoms with van der Waals surface area (Å²) in [6.07, 6.45) is 0.852. The maximum atomic E-state index is 12.1. The molecule has 0 saturated carbocycles. The normalized spacial score (nSPS) is 11.7. The number of hydrogen-bond acceptors (Lipinski definition) is 3. The highest BCUT2D eigenvalue weighted by Crippen LogP contribution is 2.22. The Labute approximate surface area is 125 Å². The van der Waals surface area contributed by atoms with E-state index in [9.17, 15) is 8.42 Å². The van der Waals surface area contributed by atoms with Crippen LogP contribution in [0.3, 0.4) is 0 Å². The monoisotopic (exact) mass is 359 g/mol. The number of rotatable bonds is 5.